The predicted molar refractivity (Wildman–Crippen MR) is 107 cm³/mol. The van der Waals surface area contributed by atoms with Gasteiger partial charge in [0.25, 0.3) is 5.91 Å². The van der Waals surface area contributed by atoms with Gasteiger partial charge in [-0.3, -0.25) is 14.8 Å². The molecule has 1 amide bonds. The molecular formula is C20H21ClN4O3. The summed E-state index contributed by atoms with van der Waals surface area (Å²) in [5.74, 6) is -0.0699. The standard InChI is InChI=1S/C20H21ClN4O3/c21-16-6-4-15(5-7-16)19(27)20(10-1-11-22-13-20)24-17-8-2-14(12-23-17)3-9-18(26)25-28/h2-9,12,22,28H,1,10-11,13H2,(H,23,24)(H,25,26)/b9-3+/t20-/m1/s1. The second-order valence-corrected chi connectivity index (χ2v) is 7.05. The van der Waals surface area contributed by atoms with Crippen LogP contribution in [-0.2, 0) is 4.79 Å². The summed E-state index contributed by atoms with van der Waals surface area (Å²) in [4.78, 5) is 28.7. The maximum absolute atomic E-state index is 13.3. The number of hydrogen-bond donors (Lipinski definition) is 4. The van der Waals surface area contributed by atoms with Crippen molar-refractivity contribution in [1.82, 2.24) is 15.8 Å². The fraction of sp³-hybridized carbons (Fsp3) is 0.250. The predicted octanol–water partition coefficient (Wildman–Crippen LogP) is 2.67. The first-order valence-electron chi connectivity index (χ1n) is 8.90. The molecule has 0 saturated carbocycles. The van der Waals surface area contributed by atoms with Gasteiger partial charge in [0.15, 0.2) is 5.78 Å². The summed E-state index contributed by atoms with van der Waals surface area (Å²) < 4.78 is 0. The number of ketones is 1. The van der Waals surface area contributed by atoms with Crippen LogP contribution < -0.4 is 16.1 Å². The molecule has 2 heterocycles. The highest BCUT2D eigenvalue weighted by Crippen LogP contribution is 2.27. The van der Waals surface area contributed by atoms with E-state index >= 15 is 0 Å². The Bertz CT molecular complexity index is 860. The Kier molecular flexibility index (Phi) is 6.41. The number of anilines is 1. The third kappa shape index (κ3) is 4.75. The highest BCUT2D eigenvalue weighted by molar-refractivity contribution is 6.30. The molecule has 0 radical (unpaired) electrons. The number of rotatable bonds is 6. The molecule has 2 aromatic rings. The maximum atomic E-state index is 13.3. The molecule has 0 unspecified atom stereocenters. The number of hydroxylamine groups is 1. The topological polar surface area (TPSA) is 103 Å². The van der Waals surface area contributed by atoms with Crippen LogP contribution in [-0.4, -0.2) is 40.5 Å². The van der Waals surface area contributed by atoms with Gasteiger partial charge in [-0.15, -0.1) is 0 Å². The summed E-state index contributed by atoms with van der Waals surface area (Å²) in [7, 11) is 0. The molecule has 1 atom stereocenters. The van der Waals surface area contributed by atoms with Gasteiger partial charge in [-0.1, -0.05) is 11.6 Å². The second kappa shape index (κ2) is 8.97. The van der Waals surface area contributed by atoms with Crippen molar-refractivity contribution in [3.8, 4) is 0 Å². The minimum atomic E-state index is -0.798. The quantitative estimate of drug-likeness (QED) is 0.257. The van der Waals surface area contributed by atoms with Gasteiger partial charge in [0.1, 0.15) is 11.4 Å². The second-order valence-electron chi connectivity index (χ2n) is 6.61. The highest BCUT2D eigenvalue weighted by Gasteiger charge is 2.40. The van der Waals surface area contributed by atoms with Gasteiger partial charge in [-0.2, -0.15) is 0 Å². The third-order valence-electron chi connectivity index (χ3n) is 4.62. The van der Waals surface area contributed by atoms with Crippen LogP contribution in [0.15, 0.2) is 48.7 Å². The van der Waals surface area contributed by atoms with E-state index in [0.29, 0.717) is 34.9 Å². The number of benzene rings is 1. The van der Waals surface area contributed by atoms with E-state index in [9.17, 15) is 9.59 Å². The lowest BCUT2D eigenvalue weighted by molar-refractivity contribution is -0.124. The van der Waals surface area contributed by atoms with Crippen molar-refractivity contribution < 1.29 is 14.8 Å². The molecule has 1 aromatic heterocycles. The lowest BCUT2D eigenvalue weighted by Crippen LogP contribution is -2.57. The van der Waals surface area contributed by atoms with Crippen molar-refractivity contribution in [1.29, 1.82) is 0 Å². The molecule has 1 aliphatic rings. The number of piperidine rings is 1. The highest BCUT2D eigenvalue weighted by atomic mass is 35.5. The third-order valence-corrected chi connectivity index (χ3v) is 4.87. The van der Waals surface area contributed by atoms with Gasteiger partial charge in [-0.25, -0.2) is 10.5 Å². The average molecular weight is 401 g/mol. The normalized spacial score (nSPS) is 19.4. The molecule has 0 aliphatic carbocycles. The summed E-state index contributed by atoms with van der Waals surface area (Å²) in [5, 5.41) is 15.7. The number of nitrogens with one attached hydrogen (secondary N) is 3. The van der Waals surface area contributed by atoms with Gasteiger partial charge < -0.3 is 10.6 Å². The van der Waals surface area contributed by atoms with Crippen LogP contribution in [0.4, 0.5) is 5.82 Å². The number of pyridine rings is 1. The average Bonchev–Trinajstić information content (AvgIpc) is 2.73. The van der Waals surface area contributed by atoms with Gasteiger partial charge >= 0.3 is 0 Å². The van der Waals surface area contributed by atoms with Crippen LogP contribution in [0.5, 0.6) is 0 Å². The van der Waals surface area contributed by atoms with Gasteiger partial charge in [0, 0.05) is 29.4 Å². The van der Waals surface area contributed by atoms with E-state index in [1.807, 2.05) is 0 Å². The monoisotopic (exact) mass is 400 g/mol. The number of carbonyl (C=O) groups is 2. The zero-order valence-corrected chi connectivity index (χ0v) is 15.9. The number of carbonyl (C=O) groups excluding carboxylic acids is 2. The molecule has 0 bridgehead atoms. The zero-order chi connectivity index (χ0) is 20.0. The number of amides is 1. The molecule has 1 fully saturated rings. The van der Waals surface area contributed by atoms with E-state index in [4.69, 9.17) is 16.8 Å². The number of nitrogens with zero attached hydrogens (tertiary/aromatic N) is 1. The van der Waals surface area contributed by atoms with Crippen molar-refractivity contribution in [2.24, 2.45) is 0 Å². The molecule has 7 nitrogen and oxygen atoms in total. The SMILES string of the molecule is O=C(/C=C/c1ccc(N[C@]2(C(=O)c3ccc(Cl)cc3)CCCNC2)nc1)NO. The molecule has 4 N–H and O–H groups in total. The van der Waals surface area contributed by atoms with E-state index in [2.05, 4.69) is 15.6 Å². The van der Waals surface area contributed by atoms with Crippen LogP contribution in [0.25, 0.3) is 6.08 Å². The van der Waals surface area contributed by atoms with Crippen LogP contribution in [0.3, 0.4) is 0 Å². The van der Waals surface area contributed by atoms with Crippen LogP contribution in [0.2, 0.25) is 5.02 Å². The first-order chi connectivity index (χ1) is 13.5. The number of halogens is 1. The summed E-state index contributed by atoms with van der Waals surface area (Å²) in [6.07, 6.45) is 5.85. The minimum Gasteiger partial charge on any atom is -0.356 e. The number of hydrogen-bond acceptors (Lipinski definition) is 6. The largest absolute Gasteiger partial charge is 0.356 e. The smallest absolute Gasteiger partial charge is 0.267 e. The number of aromatic nitrogens is 1. The fourth-order valence-electron chi connectivity index (χ4n) is 3.17. The Labute approximate surface area is 167 Å². The molecule has 1 aromatic carbocycles. The van der Waals surface area contributed by atoms with Gasteiger partial charge in [-0.05, 0) is 67.4 Å². The zero-order valence-electron chi connectivity index (χ0n) is 15.1. The first-order valence-corrected chi connectivity index (χ1v) is 9.28. The van der Waals surface area contributed by atoms with Gasteiger partial charge in [0.05, 0.1) is 0 Å². The van der Waals surface area contributed by atoms with Crippen molar-refractivity contribution in [2.45, 2.75) is 18.4 Å². The Morgan fingerprint density at radius 3 is 2.61 bits per heavy atom. The van der Waals surface area contributed by atoms with E-state index in [1.54, 1.807) is 42.6 Å². The Morgan fingerprint density at radius 2 is 2.00 bits per heavy atom. The van der Waals surface area contributed by atoms with Crippen LogP contribution in [0, 0.1) is 0 Å². The maximum Gasteiger partial charge on any atom is 0.267 e. The first kappa shape index (κ1) is 20.0. The van der Waals surface area contributed by atoms with Crippen LogP contribution >= 0.6 is 11.6 Å². The number of Topliss-reactive ketones (excluding diaryl/α,β-unsaturated/α-hetero) is 1. The summed E-state index contributed by atoms with van der Waals surface area (Å²) in [5.41, 5.74) is 2.01. The van der Waals surface area contributed by atoms with Gasteiger partial charge in [0.2, 0.25) is 0 Å². The molecule has 28 heavy (non-hydrogen) atoms. The van der Waals surface area contributed by atoms with Crippen molar-refractivity contribution in [2.75, 3.05) is 18.4 Å². The Hall–Kier alpha value is -2.74. The fourth-order valence-corrected chi connectivity index (χ4v) is 3.30. The van der Waals surface area contributed by atoms with Crippen molar-refractivity contribution >= 4 is 35.2 Å². The lowest BCUT2D eigenvalue weighted by atomic mass is 9.82. The molecule has 0 spiro atoms. The lowest BCUT2D eigenvalue weighted by Gasteiger charge is -2.37. The molecule has 146 valence electrons. The minimum absolute atomic E-state index is 0.0123. The van der Waals surface area contributed by atoms with E-state index in [-0.39, 0.29) is 5.78 Å². The van der Waals surface area contributed by atoms with E-state index in [0.717, 1.165) is 13.0 Å². The molecule has 8 heteroatoms. The molecule has 1 saturated heterocycles. The Balaban J connectivity index is 1.80. The summed E-state index contributed by atoms with van der Waals surface area (Å²) in [6.45, 7) is 1.36. The van der Waals surface area contributed by atoms with Crippen molar-refractivity contribution in [3.05, 3.63) is 64.8 Å². The summed E-state index contributed by atoms with van der Waals surface area (Å²) >= 11 is 5.94. The van der Waals surface area contributed by atoms with E-state index < -0.39 is 11.4 Å². The van der Waals surface area contributed by atoms with Crippen LogP contribution in [0.1, 0.15) is 28.8 Å². The van der Waals surface area contributed by atoms with Crippen molar-refractivity contribution in [3.63, 3.8) is 0 Å². The molecule has 1 aliphatic heterocycles. The summed E-state index contributed by atoms with van der Waals surface area (Å²) in [6, 6.07) is 10.4. The van der Waals surface area contributed by atoms with E-state index in [1.165, 1.54) is 17.6 Å². The Morgan fingerprint density at radius 1 is 1.21 bits per heavy atom. The molecule has 3 rings (SSSR count). The molecular weight excluding hydrogens is 380 g/mol.